The van der Waals surface area contributed by atoms with E-state index >= 15 is 0 Å². The second kappa shape index (κ2) is 3.32. The minimum atomic E-state index is -0.232. The molecule has 60 valence electrons. The van der Waals surface area contributed by atoms with Crippen LogP contribution in [0, 0.1) is 0 Å². The SMILES string of the molecule is CN(C)C[C@@H]1C[C@@H](O)CO1. The molecule has 1 rings (SSSR count). The third-order valence-electron chi connectivity index (χ3n) is 1.63. The van der Waals surface area contributed by atoms with Crippen LogP contribution in [0.5, 0.6) is 0 Å². The summed E-state index contributed by atoms with van der Waals surface area (Å²) in [5, 5.41) is 9.07. The van der Waals surface area contributed by atoms with E-state index in [1.165, 1.54) is 0 Å². The monoisotopic (exact) mass is 145 g/mol. The molecule has 3 heteroatoms. The van der Waals surface area contributed by atoms with Crippen molar-refractivity contribution in [1.82, 2.24) is 4.90 Å². The molecule has 1 aliphatic rings. The molecule has 10 heavy (non-hydrogen) atoms. The highest BCUT2D eigenvalue weighted by molar-refractivity contribution is 4.73. The third-order valence-corrected chi connectivity index (χ3v) is 1.63. The van der Waals surface area contributed by atoms with Crippen LogP contribution in [-0.2, 0) is 4.74 Å². The van der Waals surface area contributed by atoms with Gasteiger partial charge in [-0.3, -0.25) is 0 Å². The van der Waals surface area contributed by atoms with Crippen LogP contribution >= 0.6 is 0 Å². The minimum absolute atomic E-state index is 0.232. The van der Waals surface area contributed by atoms with Gasteiger partial charge in [0.25, 0.3) is 0 Å². The summed E-state index contributed by atoms with van der Waals surface area (Å²) in [6.45, 7) is 1.43. The van der Waals surface area contributed by atoms with Gasteiger partial charge in [-0.1, -0.05) is 0 Å². The molecule has 0 radical (unpaired) electrons. The van der Waals surface area contributed by atoms with Gasteiger partial charge in [-0.05, 0) is 14.1 Å². The summed E-state index contributed by atoms with van der Waals surface area (Å²) >= 11 is 0. The highest BCUT2D eigenvalue weighted by atomic mass is 16.5. The Hall–Kier alpha value is -0.120. The Labute approximate surface area is 61.6 Å². The van der Waals surface area contributed by atoms with Crippen LogP contribution in [0.25, 0.3) is 0 Å². The molecule has 0 aromatic carbocycles. The molecule has 0 amide bonds. The maximum Gasteiger partial charge on any atom is 0.0799 e. The number of aliphatic hydroxyl groups is 1. The van der Waals surface area contributed by atoms with E-state index < -0.39 is 0 Å². The zero-order valence-electron chi connectivity index (χ0n) is 6.58. The van der Waals surface area contributed by atoms with E-state index in [1.54, 1.807) is 0 Å². The van der Waals surface area contributed by atoms with Crippen molar-refractivity contribution in [2.45, 2.75) is 18.6 Å². The summed E-state index contributed by atoms with van der Waals surface area (Å²) in [6, 6.07) is 0. The van der Waals surface area contributed by atoms with Gasteiger partial charge in [0.2, 0.25) is 0 Å². The molecule has 1 fully saturated rings. The first-order valence-electron chi connectivity index (χ1n) is 3.63. The normalized spacial score (nSPS) is 33.6. The molecule has 0 saturated carbocycles. The van der Waals surface area contributed by atoms with E-state index in [1.807, 2.05) is 14.1 Å². The Balaban J connectivity index is 2.18. The molecule has 0 spiro atoms. The van der Waals surface area contributed by atoms with Gasteiger partial charge in [-0.2, -0.15) is 0 Å². The smallest absolute Gasteiger partial charge is 0.0799 e. The summed E-state index contributed by atoms with van der Waals surface area (Å²) in [6.07, 6.45) is 0.799. The molecule has 1 N–H and O–H groups in total. The van der Waals surface area contributed by atoms with E-state index in [0.29, 0.717) is 6.61 Å². The predicted molar refractivity (Wildman–Crippen MR) is 38.9 cm³/mol. The number of rotatable bonds is 2. The van der Waals surface area contributed by atoms with Gasteiger partial charge in [0.05, 0.1) is 18.8 Å². The number of hydrogen-bond donors (Lipinski definition) is 1. The topological polar surface area (TPSA) is 32.7 Å². The zero-order valence-corrected chi connectivity index (χ0v) is 6.58. The first-order valence-corrected chi connectivity index (χ1v) is 3.63. The van der Waals surface area contributed by atoms with E-state index in [-0.39, 0.29) is 12.2 Å². The summed E-state index contributed by atoms with van der Waals surface area (Å²) < 4.78 is 5.28. The van der Waals surface area contributed by atoms with Gasteiger partial charge in [0, 0.05) is 13.0 Å². The van der Waals surface area contributed by atoms with Crippen LogP contribution in [0.4, 0.5) is 0 Å². The van der Waals surface area contributed by atoms with Gasteiger partial charge < -0.3 is 14.7 Å². The second-order valence-electron chi connectivity index (χ2n) is 3.11. The minimum Gasteiger partial charge on any atom is -0.391 e. The number of likely N-dealkylation sites (N-methyl/N-ethyl adjacent to an activating group) is 1. The Morgan fingerprint density at radius 3 is 2.70 bits per heavy atom. The Kier molecular flexibility index (Phi) is 2.65. The first-order chi connectivity index (χ1) is 4.68. The molecule has 0 aromatic rings. The molecule has 0 aromatic heterocycles. The molecule has 0 unspecified atom stereocenters. The Bertz CT molecular complexity index is 106. The molecule has 0 bridgehead atoms. The van der Waals surface area contributed by atoms with E-state index in [4.69, 9.17) is 9.84 Å². The Morgan fingerprint density at radius 1 is 1.60 bits per heavy atom. The van der Waals surface area contributed by atoms with Crippen LogP contribution in [-0.4, -0.2) is 49.5 Å². The summed E-state index contributed by atoms with van der Waals surface area (Å²) in [7, 11) is 4.02. The standard InChI is InChI=1S/C7H15NO2/c1-8(2)4-7-3-6(9)5-10-7/h6-7,9H,3-5H2,1-2H3/t6-,7+/m1/s1. The van der Waals surface area contributed by atoms with Crippen LogP contribution in [0.1, 0.15) is 6.42 Å². The quantitative estimate of drug-likeness (QED) is 0.579. The fourth-order valence-electron chi connectivity index (χ4n) is 1.22. The average molecular weight is 145 g/mol. The van der Waals surface area contributed by atoms with Crippen molar-refractivity contribution >= 4 is 0 Å². The van der Waals surface area contributed by atoms with Gasteiger partial charge in [-0.15, -0.1) is 0 Å². The number of hydrogen-bond acceptors (Lipinski definition) is 3. The lowest BCUT2D eigenvalue weighted by atomic mass is 10.2. The lowest BCUT2D eigenvalue weighted by Gasteiger charge is -2.14. The molecule has 1 saturated heterocycles. The maximum absolute atomic E-state index is 9.07. The fourth-order valence-corrected chi connectivity index (χ4v) is 1.22. The molecule has 3 nitrogen and oxygen atoms in total. The number of nitrogens with zero attached hydrogens (tertiary/aromatic N) is 1. The van der Waals surface area contributed by atoms with Crippen molar-refractivity contribution in [1.29, 1.82) is 0 Å². The average Bonchev–Trinajstić information content (AvgIpc) is 2.13. The molecular formula is C7H15NO2. The largest absolute Gasteiger partial charge is 0.391 e. The molecule has 2 atom stereocenters. The van der Waals surface area contributed by atoms with Gasteiger partial charge in [0.15, 0.2) is 0 Å². The van der Waals surface area contributed by atoms with Crippen molar-refractivity contribution < 1.29 is 9.84 Å². The van der Waals surface area contributed by atoms with E-state index in [2.05, 4.69) is 4.90 Å². The maximum atomic E-state index is 9.07. The predicted octanol–water partition coefficient (Wildman–Crippen LogP) is -0.302. The zero-order chi connectivity index (χ0) is 7.56. The molecule has 1 heterocycles. The summed E-state index contributed by atoms with van der Waals surface area (Å²) in [4.78, 5) is 2.07. The summed E-state index contributed by atoms with van der Waals surface area (Å²) in [5.41, 5.74) is 0. The van der Waals surface area contributed by atoms with Gasteiger partial charge in [-0.25, -0.2) is 0 Å². The second-order valence-corrected chi connectivity index (χ2v) is 3.11. The third kappa shape index (κ3) is 2.25. The van der Waals surface area contributed by atoms with Crippen molar-refractivity contribution in [3.8, 4) is 0 Å². The number of ether oxygens (including phenoxy) is 1. The van der Waals surface area contributed by atoms with E-state index in [9.17, 15) is 0 Å². The molecular weight excluding hydrogens is 130 g/mol. The van der Waals surface area contributed by atoms with Crippen molar-refractivity contribution in [2.24, 2.45) is 0 Å². The van der Waals surface area contributed by atoms with Crippen molar-refractivity contribution in [3.63, 3.8) is 0 Å². The number of aliphatic hydroxyl groups excluding tert-OH is 1. The highest BCUT2D eigenvalue weighted by Crippen LogP contribution is 2.12. The Morgan fingerprint density at radius 2 is 2.30 bits per heavy atom. The van der Waals surface area contributed by atoms with Crippen LogP contribution < -0.4 is 0 Å². The van der Waals surface area contributed by atoms with Crippen LogP contribution in [0.2, 0.25) is 0 Å². The first kappa shape index (κ1) is 7.98. The highest BCUT2D eigenvalue weighted by Gasteiger charge is 2.23. The van der Waals surface area contributed by atoms with Crippen molar-refractivity contribution in [3.05, 3.63) is 0 Å². The van der Waals surface area contributed by atoms with Gasteiger partial charge >= 0.3 is 0 Å². The lowest BCUT2D eigenvalue weighted by molar-refractivity contribution is 0.0738. The molecule has 1 aliphatic heterocycles. The molecule has 0 aliphatic carbocycles. The van der Waals surface area contributed by atoms with Crippen molar-refractivity contribution in [2.75, 3.05) is 27.2 Å². The van der Waals surface area contributed by atoms with E-state index in [0.717, 1.165) is 13.0 Å². The summed E-state index contributed by atoms with van der Waals surface area (Å²) in [5.74, 6) is 0. The lowest BCUT2D eigenvalue weighted by Crippen LogP contribution is -2.25. The van der Waals surface area contributed by atoms with Crippen LogP contribution in [0.3, 0.4) is 0 Å². The van der Waals surface area contributed by atoms with Crippen LogP contribution in [0.15, 0.2) is 0 Å². The van der Waals surface area contributed by atoms with Gasteiger partial charge in [0.1, 0.15) is 0 Å². The fraction of sp³-hybridized carbons (Fsp3) is 1.00.